The number of hydrogen-bond donors (Lipinski definition) is 2. The number of carbonyl (C=O) groups is 1. The van der Waals surface area contributed by atoms with Crippen molar-refractivity contribution < 1.29 is 4.79 Å². The van der Waals surface area contributed by atoms with Crippen molar-refractivity contribution in [3.8, 4) is 0 Å². The average Bonchev–Trinajstić information content (AvgIpc) is 2.93. The number of hydrogen-bond acceptors (Lipinski definition) is 3. The molecule has 5 nitrogen and oxygen atoms in total. The van der Waals surface area contributed by atoms with Gasteiger partial charge in [0, 0.05) is 31.0 Å². The zero-order valence-electron chi connectivity index (χ0n) is 12.8. The molecule has 1 aromatic carbocycles. The fraction of sp³-hybridized carbons (Fsp3) is 0.375. The third-order valence-electron chi connectivity index (χ3n) is 3.45. The molecular weight excluding hydrogens is 264 g/mol. The maximum atomic E-state index is 11.7. The Morgan fingerprint density at radius 2 is 2.19 bits per heavy atom. The number of nitrogens with zero attached hydrogens (tertiary/aromatic N) is 2. The third kappa shape index (κ3) is 3.62. The van der Waals surface area contributed by atoms with Gasteiger partial charge >= 0.3 is 0 Å². The zero-order valence-corrected chi connectivity index (χ0v) is 12.8. The van der Waals surface area contributed by atoms with Crippen molar-refractivity contribution in [1.29, 1.82) is 0 Å². The number of nitrogens with one attached hydrogen (secondary N) is 2. The number of aryl methyl sites for hydroxylation is 2. The predicted octanol–water partition coefficient (Wildman–Crippen LogP) is 2.57. The van der Waals surface area contributed by atoms with Crippen molar-refractivity contribution >= 4 is 11.6 Å². The van der Waals surface area contributed by atoms with E-state index in [1.807, 2.05) is 37.6 Å². The molecule has 1 heterocycles. The van der Waals surface area contributed by atoms with Crippen LogP contribution < -0.4 is 10.6 Å². The van der Waals surface area contributed by atoms with E-state index in [1.54, 1.807) is 7.05 Å². The van der Waals surface area contributed by atoms with Gasteiger partial charge in [-0.3, -0.25) is 4.79 Å². The molecule has 112 valence electrons. The van der Waals surface area contributed by atoms with E-state index in [4.69, 9.17) is 0 Å². The minimum absolute atomic E-state index is 0.0749. The Kier molecular flexibility index (Phi) is 4.98. The molecule has 0 aliphatic heterocycles. The van der Waals surface area contributed by atoms with Crippen LogP contribution >= 0.6 is 0 Å². The standard InChI is InChI=1S/C16H22N4O/c1-4-7-20-11-18-9-14(20)10-19-15-8-13(16(21)17-3)6-5-12(15)2/h5-6,8-9,11,19H,4,7,10H2,1-3H3,(H,17,21). The Bertz CT molecular complexity index is 618. The first-order chi connectivity index (χ1) is 10.2. The van der Waals surface area contributed by atoms with Gasteiger partial charge in [0.05, 0.1) is 18.6 Å². The summed E-state index contributed by atoms with van der Waals surface area (Å²) in [6, 6.07) is 5.67. The van der Waals surface area contributed by atoms with Crippen LogP contribution in [0.2, 0.25) is 0 Å². The summed E-state index contributed by atoms with van der Waals surface area (Å²) in [6.07, 6.45) is 4.81. The molecule has 21 heavy (non-hydrogen) atoms. The summed E-state index contributed by atoms with van der Waals surface area (Å²) in [4.78, 5) is 15.9. The van der Waals surface area contributed by atoms with Crippen LogP contribution in [0.5, 0.6) is 0 Å². The van der Waals surface area contributed by atoms with Crippen molar-refractivity contribution in [1.82, 2.24) is 14.9 Å². The van der Waals surface area contributed by atoms with Gasteiger partial charge in [-0.25, -0.2) is 4.98 Å². The molecule has 0 fully saturated rings. The number of imidazole rings is 1. The molecule has 1 amide bonds. The largest absolute Gasteiger partial charge is 0.379 e. The zero-order chi connectivity index (χ0) is 15.2. The first-order valence-corrected chi connectivity index (χ1v) is 7.21. The minimum Gasteiger partial charge on any atom is -0.379 e. The van der Waals surface area contributed by atoms with Gasteiger partial charge < -0.3 is 15.2 Å². The lowest BCUT2D eigenvalue weighted by molar-refractivity contribution is 0.0963. The van der Waals surface area contributed by atoms with E-state index in [2.05, 4.69) is 27.1 Å². The van der Waals surface area contributed by atoms with E-state index in [0.29, 0.717) is 12.1 Å². The van der Waals surface area contributed by atoms with Gasteiger partial charge in [0.2, 0.25) is 0 Å². The van der Waals surface area contributed by atoms with Gasteiger partial charge in [-0.15, -0.1) is 0 Å². The van der Waals surface area contributed by atoms with E-state index in [1.165, 1.54) is 0 Å². The summed E-state index contributed by atoms with van der Waals surface area (Å²) in [5.74, 6) is -0.0749. The van der Waals surface area contributed by atoms with E-state index < -0.39 is 0 Å². The molecule has 2 N–H and O–H groups in total. The van der Waals surface area contributed by atoms with Crippen molar-refractivity contribution in [2.75, 3.05) is 12.4 Å². The topological polar surface area (TPSA) is 59.0 Å². The monoisotopic (exact) mass is 286 g/mol. The second kappa shape index (κ2) is 6.92. The lowest BCUT2D eigenvalue weighted by Gasteiger charge is -2.12. The molecule has 0 bridgehead atoms. The van der Waals surface area contributed by atoms with Crippen LogP contribution in [0.1, 0.15) is 35.0 Å². The fourth-order valence-electron chi connectivity index (χ4n) is 2.22. The van der Waals surface area contributed by atoms with Crippen LogP contribution in [0, 0.1) is 6.92 Å². The molecular formula is C16H22N4O. The number of benzene rings is 1. The normalized spacial score (nSPS) is 10.4. The Hall–Kier alpha value is -2.30. The first kappa shape index (κ1) is 15.1. The Labute approximate surface area is 125 Å². The molecule has 0 saturated carbocycles. The summed E-state index contributed by atoms with van der Waals surface area (Å²) in [5, 5.41) is 6.04. The van der Waals surface area contributed by atoms with Crippen molar-refractivity contribution in [2.24, 2.45) is 0 Å². The fourth-order valence-corrected chi connectivity index (χ4v) is 2.22. The highest BCUT2D eigenvalue weighted by Crippen LogP contribution is 2.18. The molecule has 0 spiro atoms. The van der Waals surface area contributed by atoms with Crippen LogP contribution in [0.4, 0.5) is 5.69 Å². The highest BCUT2D eigenvalue weighted by molar-refractivity contribution is 5.95. The van der Waals surface area contributed by atoms with Crippen LogP contribution in [0.3, 0.4) is 0 Å². The van der Waals surface area contributed by atoms with Gasteiger partial charge in [-0.2, -0.15) is 0 Å². The van der Waals surface area contributed by atoms with Crippen LogP contribution in [-0.2, 0) is 13.1 Å². The number of rotatable bonds is 6. The van der Waals surface area contributed by atoms with Gasteiger partial charge in [0.1, 0.15) is 0 Å². The second-order valence-electron chi connectivity index (χ2n) is 5.04. The highest BCUT2D eigenvalue weighted by Gasteiger charge is 2.07. The van der Waals surface area contributed by atoms with E-state index in [-0.39, 0.29) is 5.91 Å². The molecule has 5 heteroatoms. The number of aromatic nitrogens is 2. The summed E-state index contributed by atoms with van der Waals surface area (Å²) >= 11 is 0. The Morgan fingerprint density at radius 1 is 1.38 bits per heavy atom. The summed E-state index contributed by atoms with van der Waals surface area (Å²) in [6.45, 7) is 5.83. The van der Waals surface area contributed by atoms with Crippen molar-refractivity contribution in [3.63, 3.8) is 0 Å². The van der Waals surface area contributed by atoms with E-state index in [0.717, 1.165) is 29.9 Å². The smallest absolute Gasteiger partial charge is 0.251 e. The summed E-state index contributed by atoms with van der Waals surface area (Å²) < 4.78 is 2.14. The Morgan fingerprint density at radius 3 is 2.90 bits per heavy atom. The van der Waals surface area contributed by atoms with Crippen molar-refractivity contribution in [3.05, 3.63) is 47.5 Å². The maximum absolute atomic E-state index is 11.7. The van der Waals surface area contributed by atoms with Crippen molar-refractivity contribution in [2.45, 2.75) is 33.4 Å². The first-order valence-electron chi connectivity index (χ1n) is 7.21. The maximum Gasteiger partial charge on any atom is 0.251 e. The molecule has 0 saturated heterocycles. The minimum atomic E-state index is -0.0749. The molecule has 0 aliphatic carbocycles. The molecule has 2 aromatic rings. The van der Waals surface area contributed by atoms with Gasteiger partial charge in [0.15, 0.2) is 0 Å². The molecule has 2 rings (SSSR count). The van der Waals surface area contributed by atoms with E-state index >= 15 is 0 Å². The lowest BCUT2D eigenvalue weighted by Crippen LogP contribution is -2.18. The third-order valence-corrected chi connectivity index (χ3v) is 3.45. The molecule has 0 aliphatic rings. The quantitative estimate of drug-likeness (QED) is 0.858. The predicted molar refractivity (Wildman–Crippen MR) is 84.4 cm³/mol. The lowest BCUT2D eigenvalue weighted by atomic mass is 10.1. The average molecular weight is 286 g/mol. The summed E-state index contributed by atoms with van der Waals surface area (Å²) in [7, 11) is 1.64. The summed E-state index contributed by atoms with van der Waals surface area (Å²) in [5.41, 5.74) is 3.89. The van der Waals surface area contributed by atoms with Gasteiger partial charge in [-0.05, 0) is 31.0 Å². The molecule has 0 atom stereocenters. The SMILES string of the molecule is CCCn1cncc1CNc1cc(C(=O)NC)ccc1C. The molecule has 1 aromatic heterocycles. The second-order valence-corrected chi connectivity index (χ2v) is 5.04. The molecule has 0 unspecified atom stereocenters. The molecule has 0 radical (unpaired) electrons. The van der Waals surface area contributed by atoms with Gasteiger partial charge in [0.25, 0.3) is 5.91 Å². The Balaban J connectivity index is 2.12. The van der Waals surface area contributed by atoms with E-state index in [9.17, 15) is 4.79 Å². The number of anilines is 1. The van der Waals surface area contributed by atoms with Crippen LogP contribution in [0.15, 0.2) is 30.7 Å². The van der Waals surface area contributed by atoms with Gasteiger partial charge in [-0.1, -0.05) is 13.0 Å². The van der Waals surface area contributed by atoms with Crippen LogP contribution in [0.25, 0.3) is 0 Å². The number of carbonyl (C=O) groups excluding carboxylic acids is 1. The van der Waals surface area contributed by atoms with Crippen LogP contribution in [-0.4, -0.2) is 22.5 Å². The number of amides is 1. The highest BCUT2D eigenvalue weighted by atomic mass is 16.1.